The molecule has 0 unspecified atom stereocenters. The van der Waals surface area contributed by atoms with E-state index in [0.29, 0.717) is 5.92 Å². The Balaban J connectivity index is 2.05. The molecule has 1 fully saturated rings. The number of aryl methyl sites for hydroxylation is 1. The zero-order valence-electron chi connectivity index (χ0n) is 9.39. The van der Waals surface area contributed by atoms with Gasteiger partial charge in [0.25, 0.3) is 0 Å². The van der Waals surface area contributed by atoms with Crippen molar-refractivity contribution in [2.75, 3.05) is 11.5 Å². The summed E-state index contributed by atoms with van der Waals surface area (Å²) in [5.41, 5.74) is 2.04. The molecule has 1 aliphatic rings. The van der Waals surface area contributed by atoms with Crippen molar-refractivity contribution in [3.63, 3.8) is 0 Å². The largest absolute Gasteiger partial charge is 0.316 e. The van der Waals surface area contributed by atoms with Crippen LogP contribution < -0.4 is 0 Å². The van der Waals surface area contributed by atoms with E-state index >= 15 is 0 Å². The van der Waals surface area contributed by atoms with E-state index in [9.17, 15) is 0 Å². The number of aromatic nitrogens is 3. The van der Waals surface area contributed by atoms with E-state index in [1.54, 1.807) is 0 Å². The fraction of sp³-hybridized carbons (Fsp3) is 0.500. The Morgan fingerprint density at radius 3 is 2.94 bits per heavy atom. The zero-order valence-corrected chi connectivity index (χ0v) is 10.2. The molecule has 3 heterocycles. The summed E-state index contributed by atoms with van der Waals surface area (Å²) in [4.78, 5) is 9.12. The smallest absolute Gasteiger partial charge is 0.159 e. The minimum atomic E-state index is 0.625. The summed E-state index contributed by atoms with van der Waals surface area (Å²) in [5, 5.41) is 0. The van der Waals surface area contributed by atoms with Gasteiger partial charge in [-0.1, -0.05) is 0 Å². The first-order valence-corrected chi connectivity index (χ1v) is 6.87. The number of hydrogen-bond donors (Lipinski definition) is 0. The maximum atomic E-state index is 4.73. The molecule has 0 saturated carbocycles. The normalized spacial score (nSPS) is 18.1. The molecular formula is C12H15N3S. The molecule has 0 bridgehead atoms. The molecule has 2 aromatic rings. The molecule has 0 aliphatic carbocycles. The molecular weight excluding hydrogens is 218 g/mol. The van der Waals surface area contributed by atoms with Crippen LogP contribution in [0.25, 0.3) is 11.2 Å². The molecule has 3 rings (SSSR count). The monoisotopic (exact) mass is 233 g/mol. The molecule has 0 atom stereocenters. The van der Waals surface area contributed by atoms with E-state index in [1.807, 2.05) is 18.3 Å². The number of rotatable bonds is 1. The second-order valence-electron chi connectivity index (χ2n) is 4.26. The molecule has 1 aliphatic heterocycles. The van der Waals surface area contributed by atoms with Crippen molar-refractivity contribution in [3.05, 3.63) is 24.2 Å². The maximum absolute atomic E-state index is 4.73. The molecule has 2 aromatic heterocycles. The summed E-state index contributed by atoms with van der Waals surface area (Å²) in [6, 6.07) is 4.00. The molecule has 4 heteroatoms. The lowest BCUT2D eigenvalue weighted by atomic mass is 10.0. The fourth-order valence-corrected chi connectivity index (χ4v) is 3.47. The predicted molar refractivity (Wildman–Crippen MR) is 67.8 cm³/mol. The van der Waals surface area contributed by atoms with E-state index in [-0.39, 0.29) is 0 Å². The summed E-state index contributed by atoms with van der Waals surface area (Å²) in [5.74, 6) is 4.37. The van der Waals surface area contributed by atoms with Gasteiger partial charge >= 0.3 is 0 Å². The van der Waals surface area contributed by atoms with Crippen LogP contribution in [0.3, 0.4) is 0 Å². The minimum Gasteiger partial charge on any atom is -0.316 e. The first-order valence-electron chi connectivity index (χ1n) is 5.71. The molecule has 0 aromatic carbocycles. The average molecular weight is 233 g/mol. The second-order valence-corrected chi connectivity index (χ2v) is 5.49. The first-order chi connectivity index (χ1) is 7.86. The highest BCUT2D eigenvalue weighted by atomic mass is 32.2. The lowest BCUT2D eigenvalue weighted by Gasteiger charge is -2.20. The molecule has 0 amide bonds. The topological polar surface area (TPSA) is 30.7 Å². The van der Waals surface area contributed by atoms with Crippen molar-refractivity contribution in [1.29, 1.82) is 0 Å². The van der Waals surface area contributed by atoms with Crippen LogP contribution in [0.15, 0.2) is 18.3 Å². The molecule has 0 radical (unpaired) electrons. The summed E-state index contributed by atoms with van der Waals surface area (Å²) in [6.45, 7) is 0. The standard InChI is InChI=1S/C12H15N3S/c1-15-11(9-4-7-16-8-5-9)14-10-3-2-6-13-12(10)15/h2-3,6,9H,4-5,7-8H2,1H3. The molecule has 1 saturated heterocycles. The van der Waals surface area contributed by atoms with Gasteiger partial charge in [-0.05, 0) is 36.5 Å². The molecule has 0 N–H and O–H groups in total. The highest BCUT2D eigenvalue weighted by Crippen LogP contribution is 2.31. The van der Waals surface area contributed by atoms with E-state index < -0.39 is 0 Å². The number of pyridine rings is 1. The van der Waals surface area contributed by atoms with Gasteiger partial charge in [-0.2, -0.15) is 11.8 Å². The third-order valence-electron chi connectivity index (χ3n) is 3.25. The third-order valence-corrected chi connectivity index (χ3v) is 4.30. The van der Waals surface area contributed by atoms with Crippen molar-refractivity contribution >= 4 is 22.9 Å². The molecule has 3 nitrogen and oxygen atoms in total. The predicted octanol–water partition coefficient (Wildman–Crippen LogP) is 2.58. The minimum absolute atomic E-state index is 0.625. The van der Waals surface area contributed by atoms with Crippen molar-refractivity contribution in [3.8, 4) is 0 Å². The Morgan fingerprint density at radius 1 is 1.38 bits per heavy atom. The zero-order chi connectivity index (χ0) is 11.0. The van der Waals surface area contributed by atoms with Gasteiger partial charge in [0.15, 0.2) is 5.65 Å². The summed E-state index contributed by atoms with van der Waals surface area (Å²) >= 11 is 2.05. The van der Waals surface area contributed by atoms with Gasteiger partial charge in [-0.25, -0.2) is 9.97 Å². The second kappa shape index (κ2) is 4.09. The highest BCUT2D eigenvalue weighted by molar-refractivity contribution is 7.99. The van der Waals surface area contributed by atoms with E-state index in [4.69, 9.17) is 4.98 Å². The van der Waals surface area contributed by atoms with Crippen LogP contribution in [0.4, 0.5) is 0 Å². The summed E-state index contributed by atoms with van der Waals surface area (Å²) < 4.78 is 2.16. The number of nitrogens with zero attached hydrogens (tertiary/aromatic N) is 3. The fourth-order valence-electron chi connectivity index (χ4n) is 2.36. The van der Waals surface area contributed by atoms with Crippen LogP contribution in [-0.2, 0) is 7.05 Å². The van der Waals surface area contributed by atoms with E-state index in [0.717, 1.165) is 11.2 Å². The average Bonchev–Trinajstić information content (AvgIpc) is 2.69. The summed E-state index contributed by atoms with van der Waals surface area (Å²) in [7, 11) is 2.08. The Bertz CT molecular complexity index is 500. The van der Waals surface area contributed by atoms with Gasteiger partial charge in [0.1, 0.15) is 11.3 Å². The van der Waals surface area contributed by atoms with Gasteiger partial charge in [0.2, 0.25) is 0 Å². The number of hydrogen-bond acceptors (Lipinski definition) is 3. The summed E-state index contributed by atoms with van der Waals surface area (Å²) in [6.07, 6.45) is 4.34. The third kappa shape index (κ3) is 1.61. The van der Waals surface area contributed by atoms with Gasteiger partial charge in [0, 0.05) is 19.2 Å². The van der Waals surface area contributed by atoms with Crippen LogP contribution in [0.1, 0.15) is 24.6 Å². The Hall–Kier alpha value is -1.03. The SMILES string of the molecule is Cn1c(C2CCSCC2)nc2cccnc21. The van der Waals surface area contributed by atoms with Gasteiger partial charge < -0.3 is 4.57 Å². The maximum Gasteiger partial charge on any atom is 0.159 e. The van der Waals surface area contributed by atoms with Gasteiger partial charge in [0.05, 0.1) is 0 Å². The van der Waals surface area contributed by atoms with Crippen LogP contribution in [-0.4, -0.2) is 26.0 Å². The van der Waals surface area contributed by atoms with Crippen LogP contribution in [0.2, 0.25) is 0 Å². The first kappa shape index (κ1) is 10.1. The lowest BCUT2D eigenvalue weighted by Crippen LogP contribution is -2.12. The van der Waals surface area contributed by atoms with Crippen LogP contribution in [0, 0.1) is 0 Å². The van der Waals surface area contributed by atoms with Crippen molar-refractivity contribution in [2.45, 2.75) is 18.8 Å². The Kier molecular flexibility index (Phi) is 2.59. The van der Waals surface area contributed by atoms with E-state index in [1.165, 1.54) is 30.2 Å². The van der Waals surface area contributed by atoms with Crippen molar-refractivity contribution in [2.24, 2.45) is 7.05 Å². The van der Waals surface area contributed by atoms with Crippen LogP contribution >= 0.6 is 11.8 Å². The molecule has 16 heavy (non-hydrogen) atoms. The van der Waals surface area contributed by atoms with Crippen LogP contribution in [0.5, 0.6) is 0 Å². The van der Waals surface area contributed by atoms with Gasteiger partial charge in [-0.3, -0.25) is 0 Å². The van der Waals surface area contributed by atoms with Crippen molar-refractivity contribution in [1.82, 2.24) is 14.5 Å². The van der Waals surface area contributed by atoms with E-state index in [2.05, 4.69) is 28.4 Å². The van der Waals surface area contributed by atoms with Gasteiger partial charge in [-0.15, -0.1) is 0 Å². The number of fused-ring (bicyclic) bond motifs is 1. The lowest BCUT2D eigenvalue weighted by molar-refractivity contribution is 0.578. The quantitative estimate of drug-likeness (QED) is 0.758. The Labute approximate surface area is 99.3 Å². The molecule has 0 spiro atoms. The molecule has 84 valence electrons. The highest BCUT2D eigenvalue weighted by Gasteiger charge is 2.21. The van der Waals surface area contributed by atoms with Crippen molar-refractivity contribution < 1.29 is 0 Å². The Morgan fingerprint density at radius 2 is 2.19 bits per heavy atom. The number of imidazole rings is 1. The number of thioether (sulfide) groups is 1.